The van der Waals surface area contributed by atoms with Gasteiger partial charge in [-0.05, 0) is 43.1 Å². The number of hydrogen-bond acceptors (Lipinski definition) is 4. The second-order valence-electron chi connectivity index (χ2n) is 7.73. The molecular weight excluding hydrogens is 344 g/mol. The van der Waals surface area contributed by atoms with Crippen LogP contribution in [0.4, 0.5) is 5.69 Å². The smallest absolute Gasteiger partial charge is 0.0737 e. The minimum Gasteiger partial charge on any atom is -0.380 e. The van der Waals surface area contributed by atoms with E-state index in [9.17, 15) is 0 Å². The minimum atomic E-state index is 0.435. The summed E-state index contributed by atoms with van der Waals surface area (Å²) < 4.78 is 0. The van der Waals surface area contributed by atoms with Crippen LogP contribution in [-0.4, -0.2) is 60.1 Å². The SMILES string of the molecule is CCN1CCN(CC(CC(C)C)Nc2ccnc3cc(Cl)ccc23)CC1. The molecule has 5 heteroatoms. The summed E-state index contributed by atoms with van der Waals surface area (Å²) in [4.78, 5) is 9.60. The third kappa shape index (κ3) is 5.09. The van der Waals surface area contributed by atoms with Gasteiger partial charge in [0.05, 0.1) is 5.52 Å². The molecule has 1 aliphatic rings. The maximum atomic E-state index is 6.13. The van der Waals surface area contributed by atoms with Crippen LogP contribution in [0.25, 0.3) is 10.9 Å². The van der Waals surface area contributed by atoms with Gasteiger partial charge >= 0.3 is 0 Å². The summed E-state index contributed by atoms with van der Waals surface area (Å²) in [6.07, 6.45) is 3.03. The first kappa shape index (κ1) is 19.4. The topological polar surface area (TPSA) is 31.4 Å². The Morgan fingerprint density at radius 2 is 1.85 bits per heavy atom. The highest BCUT2D eigenvalue weighted by Crippen LogP contribution is 2.26. The molecule has 1 fully saturated rings. The summed E-state index contributed by atoms with van der Waals surface area (Å²) in [7, 11) is 0. The van der Waals surface area contributed by atoms with Crippen LogP contribution in [0.2, 0.25) is 5.02 Å². The zero-order chi connectivity index (χ0) is 18.5. The predicted molar refractivity (Wildman–Crippen MR) is 112 cm³/mol. The molecule has 2 aromatic rings. The van der Waals surface area contributed by atoms with Crippen LogP contribution in [0.1, 0.15) is 27.2 Å². The number of hydrogen-bond donors (Lipinski definition) is 1. The van der Waals surface area contributed by atoms with Gasteiger partial charge < -0.3 is 10.2 Å². The molecule has 4 nitrogen and oxygen atoms in total. The Kier molecular flexibility index (Phi) is 6.74. The summed E-state index contributed by atoms with van der Waals surface area (Å²) in [5.41, 5.74) is 2.10. The van der Waals surface area contributed by atoms with Crippen molar-refractivity contribution in [1.29, 1.82) is 0 Å². The Hall–Kier alpha value is -1.36. The number of fused-ring (bicyclic) bond motifs is 1. The largest absolute Gasteiger partial charge is 0.380 e. The van der Waals surface area contributed by atoms with Crippen LogP contribution in [0.5, 0.6) is 0 Å². The first-order valence-corrected chi connectivity index (χ1v) is 10.2. The number of nitrogens with zero attached hydrogens (tertiary/aromatic N) is 3. The number of likely N-dealkylation sites (N-methyl/N-ethyl adjacent to an activating group) is 1. The fourth-order valence-corrected chi connectivity index (χ4v) is 3.98. The highest BCUT2D eigenvalue weighted by Gasteiger charge is 2.20. The standard InChI is InChI=1S/C21H31ClN4/c1-4-25-9-11-26(12-10-25)15-18(13-16(2)3)24-20-7-8-23-21-14-17(22)5-6-19(20)21/h5-8,14,16,18H,4,9-13,15H2,1-3H3,(H,23,24). The number of piperazine rings is 1. The van der Waals surface area contributed by atoms with Gasteiger partial charge in [-0.15, -0.1) is 0 Å². The molecule has 1 unspecified atom stereocenters. The molecule has 142 valence electrons. The molecular formula is C21H31ClN4. The fourth-order valence-electron chi connectivity index (χ4n) is 3.81. The van der Waals surface area contributed by atoms with Crippen LogP contribution in [0.3, 0.4) is 0 Å². The van der Waals surface area contributed by atoms with Crippen molar-refractivity contribution in [3.05, 3.63) is 35.5 Å². The van der Waals surface area contributed by atoms with Crippen LogP contribution < -0.4 is 5.32 Å². The van der Waals surface area contributed by atoms with E-state index >= 15 is 0 Å². The normalized spacial score (nSPS) is 17.7. The number of benzene rings is 1. The molecule has 1 saturated heterocycles. The van der Waals surface area contributed by atoms with E-state index in [1.165, 1.54) is 13.1 Å². The van der Waals surface area contributed by atoms with Crippen molar-refractivity contribution in [2.24, 2.45) is 5.92 Å². The monoisotopic (exact) mass is 374 g/mol. The highest BCUT2D eigenvalue weighted by molar-refractivity contribution is 6.31. The molecule has 1 aromatic heterocycles. The molecule has 0 radical (unpaired) electrons. The molecule has 2 heterocycles. The highest BCUT2D eigenvalue weighted by atomic mass is 35.5. The lowest BCUT2D eigenvalue weighted by atomic mass is 10.0. The summed E-state index contributed by atoms with van der Waals surface area (Å²) in [5.74, 6) is 0.659. The zero-order valence-electron chi connectivity index (χ0n) is 16.2. The van der Waals surface area contributed by atoms with Crippen LogP contribution in [0, 0.1) is 5.92 Å². The van der Waals surface area contributed by atoms with Gasteiger partial charge in [-0.25, -0.2) is 0 Å². The Morgan fingerprint density at radius 1 is 1.12 bits per heavy atom. The average molecular weight is 375 g/mol. The lowest BCUT2D eigenvalue weighted by molar-refractivity contribution is 0.131. The van der Waals surface area contributed by atoms with Gasteiger partial charge in [-0.2, -0.15) is 0 Å². The van der Waals surface area contributed by atoms with E-state index in [-0.39, 0.29) is 0 Å². The van der Waals surface area contributed by atoms with E-state index in [0.29, 0.717) is 12.0 Å². The van der Waals surface area contributed by atoms with Crippen molar-refractivity contribution < 1.29 is 0 Å². The number of aromatic nitrogens is 1. The molecule has 3 rings (SSSR count). The van der Waals surface area contributed by atoms with Crippen molar-refractivity contribution in [1.82, 2.24) is 14.8 Å². The second kappa shape index (κ2) is 9.03. The molecule has 1 aromatic carbocycles. The third-order valence-electron chi connectivity index (χ3n) is 5.21. The van der Waals surface area contributed by atoms with E-state index in [1.54, 1.807) is 0 Å². The maximum Gasteiger partial charge on any atom is 0.0737 e. The summed E-state index contributed by atoms with van der Waals surface area (Å²) in [5, 5.41) is 5.68. The van der Waals surface area contributed by atoms with E-state index in [1.807, 2.05) is 18.3 Å². The third-order valence-corrected chi connectivity index (χ3v) is 5.45. The molecule has 0 bridgehead atoms. The van der Waals surface area contributed by atoms with Gasteiger partial charge in [0, 0.05) is 61.1 Å². The predicted octanol–water partition coefficient (Wildman–Crippen LogP) is 4.35. The summed E-state index contributed by atoms with van der Waals surface area (Å²) in [6, 6.07) is 8.46. The van der Waals surface area contributed by atoms with Gasteiger partial charge in [0.15, 0.2) is 0 Å². The molecule has 1 N–H and O–H groups in total. The number of nitrogens with one attached hydrogen (secondary N) is 1. The Morgan fingerprint density at radius 3 is 2.54 bits per heavy atom. The molecule has 1 atom stereocenters. The van der Waals surface area contributed by atoms with Crippen molar-refractivity contribution in [2.75, 3.05) is 44.6 Å². The van der Waals surface area contributed by atoms with Crippen LogP contribution >= 0.6 is 11.6 Å². The van der Waals surface area contributed by atoms with Crippen molar-refractivity contribution in [2.45, 2.75) is 33.2 Å². The van der Waals surface area contributed by atoms with Gasteiger partial charge in [0.1, 0.15) is 0 Å². The summed E-state index contributed by atoms with van der Waals surface area (Å²) in [6.45, 7) is 13.8. The van der Waals surface area contributed by atoms with Gasteiger partial charge in [0.25, 0.3) is 0 Å². The first-order valence-electron chi connectivity index (χ1n) is 9.80. The van der Waals surface area contributed by atoms with E-state index in [4.69, 9.17) is 11.6 Å². The number of rotatable bonds is 7. The van der Waals surface area contributed by atoms with Crippen molar-refractivity contribution in [3.63, 3.8) is 0 Å². The van der Waals surface area contributed by atoms with Crippen molar-refractivity contribution >= 4 is 28.2 Å². The lowest BCUT2D eigenvalue weighted by Gasteiger charge is -2.36. The molecule has 0 aliphatic carbocycles. The van der Waals surface area contributed by atoms with Crippen LogP contribution in [0.15, 0.2) is 30.5 Å². The Bertz CT molecular complexity index is 710. The quantitative estimate of drug-likeness (QED) is 0.780. The maximum absolute atomic E-state index is 6.13. The molecule has 26 heavy (non-hydrogen) atoms. The fraction of sp³-hybridized carbons (Fsp3) is 0.571. The first-order chi connectivity index (χ1) is 12.5. The molecule has 1 aliphatic heterocycles. The van der Waals surface area contributed by atoms with E-state index in [2.05, 4.69) is 53.0 Å². The van der Waals surface area contributed by atoms with Crippen LogP contribution in [-0.2, 0) is 0 Å². The minimum absolute atomic E-state index is 0.435. The number of pyridine rings is 1. The lowest BCUT2D eigenvalue weighted by Crippen LogP contribution is -2.49. The Balaban J connectivity index is 1.72. The number of anilines is 1. The molecule has 0 saturated carbocycles. The van der Waals surface area contributed by atoms with Gasteiger partial charge in [0.2, 0.25) is 0 Å². The zero-order valence-corrected chi connectivity index (χ0v) is 17.0. The molecule has 0 spiro atoms. The van der Waals surface area contributed by atoms with Crippen molar-refractivity contribution in [3.8, 4) is 0 Å². The summed E-state index contributed by atoms with van der Waals surface area (Å²) >= 11 is 6.13. The van der Waals surface area contributed by atoms with E-state index in [0.717, 1.165) is 54.2 Å². The van der Waals surface area contributed by atoms with Gasteiger partial charge in [-0.3, -0.25) is 9.88 Å². The number of halogens is 1. The average Bonchev–Trinajstić information content (AvgIpc) is 2.61. The van der Waals surface area contributed by atoms with Gasteiger partial charge in [-0.1, -0.05) is 32.4 Å². The van der Waals surface area contributed by atoms with E-state index < -0.39 is 0 Å². The second-order valence-corrected chi connectivity index (χ2v) is 8.16. The Labute approximate surface area is 162 Å². The molecule has 0 amide bonds.